The first-order chi connectivity index (χ1) is 8.63. The molecular formula is C14H15F2NS. The summed E-state index contributed by atoms with van der Waals surface area (Å²) < 4.78 is 27.7. The van der Waals surface area contributed by atoms with Crippen molar-refractivity contribution in [3.8, 4) is 0 Å². The van der Waals surface area contributed by atoms with Gasteiger partial charge in [0, 0.05) is 10.4 Å². The molecule has 2 aromatic rings. The monoisotopic (exact) mass is 267 g/mol. The molecule has 1 atom stereocenters. The van der Waals surface area contributed by atoms with Crippen LogP contribution in [0.5, 0.6) is 0 Å². The van der Waals surface area contributed by atoms with E-state index in [-0.39, 0.29) is 5.56 Å². The lowest BCUT2D eigenvalue weighted by molar-refractivity contribution is 0.511. The second-order valence-electron chi connectivity index (χ2n) is 4.12. The summed E-state index contributed by atoms with van der Waals surface area (Å²) in [6.45, 7) is 4.55. The van der Waals surface area contributed by atoms with E-state index < -0.39 is 17.7 Å². The highest BCUT2D eigenvalue weighted by Crippen LogP contribution is 2.29. The summed E-state index contributed by atoms with van der Waals surface area (Å²) in [4.78, 5) is 1.13. The maximum Gasteiger partial charge on any atom is 0.131 e. The highest BCUT2D eigenvalue weighted by Gasteiger charge is 2.21. The number of nitrogens with one attached hydrogen (secondary N) is 1. The lowest BCUT2D eigenvalue weighted by atomic mass is 9.99. The average molecular weight is 267 g/mol. The first-order valence-corrected chi connectivity index (χ1v) is 6.73. The van der Waals surface area contributed by atoms with Gasteiger partial charge in [0.15, 0.2) is 0 Å². The van der Waals surface area contributed by atoms with Gasteiger partial charge in [-0.25, -0.2) is 8.78 Å². The Balaban J connectivity index is 2.47. The predicted molar refractivity (Wildman–Crippen MR) is 70.9 cm³/mol. The number of benzene rings is 1. The molecule has 0 aliphatic carbocycles. The number of thiophene rings is 1. The third kappa shape index (κ3) is 2.60. The summed E-state index contributed by atoms with van der Waals surface area (Å²) in [7, 11) is 0. The molecule has 18 heavy (non-hydrogen) atoms. The van der Waals surface area contributed by atoms with Gasteiger partial charge >= 0.3 is 0 Å². The lowest BCUT2D eigenvalue weighted by Gasteiger charge is -2.18. The fourth-order valence-corrected chi connectivity index (χ4v) is 2.72. The van der Waals surface area contributed by atoms with Gasteiger partial charge in [0.25, 0.3) is 0 Å². The molecule has 0 saturated carbocycles. The molecule has 96 valence electrons. The minimum absolute atomic E-state index is 0.0946. The van der Waals surface area contributed by atoms with E-state index in [1.54, 1.807) is 11.3 Å². The van der Waals surface area contributed by atoms with Crippen LogP contribution < -0.4 is 5.32 Å². The molecule has 0 radical (unpaired) electrons. The molecule has 0 saturated heterocycles. The minimum atomic E-state index is -0.509. The van der Waals surface area contributed by atoms with Crippen LogP contribution in [0.4, 0.5) is 8.78 Å². The van der Waals surface area contributed by atoms with E-state index in [0.29, 0.717) is 6.54 Å². The standard InChI is InChI=1S/C14H15F2NS/c1-3-17-14(10-7-9(2)18-8-10)13-11(15)5-4-6-12(13)16/h4-8,14,17H,3H2,1-2H3. The van der Waals surface area contributed by atoms with Crippen molar-refractivity contribution in [3.05, 3.63) is 57.3 Å². The Morgan fingerprint density at radius 1 is 1.28 bits per heavy atom. The van der Waals surface area contributed by atoms with Crippen molar-refractivity contribution < 1.29 is 8.78 Å². The molecule has 4 heteroatoms. The minimum Gasteiger partial charge on any atom is -0.306 e. The zero-order valence-corrected chi connectivity index (χ0v) is 11.2. The van der Waals surface area contributed by atoms with Gasteiger partial charge in [0.1, 0.15) is 11.6 Å². The van der Waals surface area contributed by atoms with E-state index >= 15 is 0 Å². The van der Waals surface area contributed by atoms with Crippen molar-refractivity contribution >= 4 is 11.3 Å². The van der Waals surface area contributed by atoms with Crippen LogP contribution in [0.3, 0.4) is 0 Å². The molecule has 0 fully saturated rings. The average Bonchev–Trinajstić information content (AvgIpc) is 2.74. The molecule has 0 spiro atoms. The Kier molecular flexibility index (Phi) is 4.09. The smallest absolute Gasteiger partial charge is 0.131 e. The zero-order chi connectivity index (χ0) is 13.1. The summed E-state index contributed by atoms with van der Waals surface area (Å²) in [6.07, 6.45) is 0. The topological polar surface area (TPSA) is 12.0 Å². The summed E-state index contributed by atoms with van der Waals surface area (Å²) in [5.41, 5.74) is 1.00. The fourth-order valence-electron chi connectivity index (χ4n) is 1.99. The van der Waals surface area contributed by atoms with E-state index in [1.165, 1.54) is 18.2 Å². The highest BCUT2D eigenvalue weighted by molar-refractivity contribution is 7.10. The number of rotatable bonds is 4. The molecule has 1 unspecified atom stereocenters. The van der Waals surface area contributed by atoms with Crippen LogP contribution in [-0.2, 0) is 0 Å². The van der Waals surface area contributed by atoms with E-state index in [1.807, 2.05) is 25.3 Å². The molecule has 0 bridgehead atoms. The van der Waals surface area contributed by atoms with Crippen molar-refractivity contribution in [2.45, 2.75) is 19.9 Å². The zero-order valence-electron chi connectivity index (χ0n) is 10.3. The van der Waals surface area contributed by atoms with Gasteiger partial charge in [0.2, 0.25) is 0 Å². The van der Waals surface area contributed by atoms with Crippen LogP contribution >= 0.6 is 11.3 Å². The Morgan fingerprint density at radius 2 is 1.94 bits per heavy atom. The van der Waals surface area contributed by atoms with Gasteiger partial charge in [-0.2, -0.15) is 0 Å². The van der Waals surface area contributed by atoms with Gasteiger partial charge in [0.05, 0.1) is 6.04 Å². The first-order valence-electron chi connectivity index (χ1n) is 5.85. The van der Waals surface area contributed by atoms with Crippen LogP contribution in [0.15, 0.2) is 29.6 Å². The van der Waals surface area contributed by atoms with Crippen molar-refractivity contribution in [2.75, 3.05) is 6.54 Å². The van der Waals surface area contributed by atoms with Crippen molar-refractivity contribution in [3.63, 3.8) is 0 Å². The molecule has 1 heterocycles. The van der Waals surface area contributed by atoms with Crippen LogP contribution in [0.25, 0.3) is 0 Å². The molecular weight excluding hydrogens is 252 g/mol. The molecule has 0 aliphatic heterocycles. The molecule has 2 rings (SSSR count). The normalized spacial score (nSPS) is 12.7. The molecule has 1 N–H and O–H groups in total. The largest absolute Gasteiger partial charge is 0.306 e. The summed E-state index contributed by atoms with van der Waals surface area (Å²) >= 11 is 1.58. The summed E-state index contributed by atoms with van der Waals surface area (Å²) in [6, 6.07) is 5.50. The number of aryl methyl sites for hydroxylation is 1. The second kappa shape index (κ2) is 5.59. The molecule has 1 aromatic carbocycles. The van der Waals surface area contributed by atoms with Gasteiger partial charge in [-0.05, 0) is 42.6 Å². The SMILES string of the molecule is CCNC(c1csc(C)c1)c1c(F)cccc1F. The summed E-state index contributed by atoms with van der Waals surface area (Å²) in [5, 5.41) is 5.08. The Labute approximate surface area is 109 Å². The van der Waals surface area contributed by atoms with Gasteiger partial charge in [-0.1, -0.05) is 13.0 Å². The quantitative estimate of drug-likeness (QED) is 0.881. The van der Waals surface area contributed by atoms with Gasteiger partial charge < -0.3 is 5.32 Å². The summed E-state index contributed by atoms with van der Waals surface area (Å²) in [5.74, 6) is -1.02. The molecule has 0 aliphatic rings. The molecule has 1 nitrogen and oxygen atoms in total. The van der Waals surface area contributed by atoms with Crippen molar-refractivity contribution in [2.24, 2.45) is 0 Å². The second-order valence-corrected chi connectivity index (χ2v) is 5.23. The first kappa shape index (κ1) is 13.2. The Hall–Kier alpha value is -1.26. The molecule has 1 aromatic heterocycles. The van der Waals surface area contributed by atoms with Crippen molar-refractivity contribution in [1.82, 2.24) is 5.32 Å². The maximum absolute atomic E-state index is 13.8. The van der Waals surface area contributed by atoms with Crippen LogP contribution in [0.2, 0.25) is 0 Å². The maximum atomic E-state index is 13.8. The fraction of sp³-hybridized carbons (Fsp3) is 0.286. The third-order valence-corrected chi connectivity index (χ3v) is 3.66. The van der Waals surface area contributed by atoms with Crippen LogP contribution in [0.1, 0.15) is 29.0 Å². The lowest BCUT2D eigenvalue weighted by Crippen LogP contribution is -2.23. The highest BCUT2D eigenvalue weighted by atomic mass is 32.1. The molecule has 0 amide bonds. The number of hydrogen-bond acceptors (Lipinski definition) is 2. The van der Waals surface area contributed by atoms with Crippen LogP contribution in [-0.4, -0.2) is 6.54 Å². The third-order valence-electron chi connectivity index (χ3n) is 2.78. The number of halogens is 2. The Morgan fingerprint density at radius 3 is 2.44 bits per heavy atom. The van der Waals surface area contributed by atoms with Gasteiger partial charge in [-0.15, -0.1) is 11.3 Å². The van der Waals surface area contributed by atoms with Crippen LogP contribution in [0, 0.1) is 18.6 Å². The van der Waals surface area contributed by atoms with Crippen molar-refractivity contribution in [1.29, 1.82) is 0 Å². The Bertz CT molecular complexity index is 516. The van der Waals surface area contributed by atoms with E-state index in [9.17, 15) is 8.78 Å². The predicted octanol–water partition coefficient (Wildman–Crippen LogP) is 4.03. The van der Waals surface area contributed by atoms with Gasteiger partial charge in [-0.3, -0.25) is 0 Å². The van der Waals surface area contributed by atoms with E-state index in [2.05, 4.69) is 5.32 Å². The van der Waals surface area contributed by atoms with E-state index in [4.69, 9.17) is 0 Å². The number of hydrogen-bond donors (Lipinski definition) is 1. The van der Waals surface area contributed by atoms with E-state index in [0.717, 1.165) is 10.4 Å².